The fraction of sp³-hybridized carbons (Fsp3) is 0.462. The van der Waals surface area contributed by atoms with Gasteiger partial charge in [0, 0.05) is 12.1 Å². The monoisotopic (exact) mass is 237 g/mol. The number of methoxy groups -OCH3 is 1. The Morgan fingerprint density at radius 3 is 2.53 bits per heavy atom. The Balaban J connectivity index is 2.76. The summed E-state index contributed by atoms with van der Waals surface area (Å²) in [4.78, 5) is 11.2. The van der Waals surface area contributed by atoms with Gasteiger partial charge in [0.15, 0.2) is 0 Å². The molecule has 4 nitrogen and oxygen atoms in total. The van der Waals surface area contributed by atoms with Crippen LogP contribution in [0.2, 0.25) is 0 Å². The van der Waals surface area contributed by atoms with Crippen molar-refractivity contribution in [3.05, 3.63) is 28.8 Å². The second-order valence-corrected chi connectivity index (χ2v) is 3.82. The third kappa shape index (κ3) is 3.66. The van der Waals surface area contributed by atoms with E-state index in [4.69, 9.17) is 9.47 Å². The average molecular weight is 237 g/mol. The molecule has 0 atom stereocenters. The number of rotatable bonds is 4. The van der Waals surface area contributed by atoms with Crippen molar-refractivity contribution < 1.29 is 14.3 Å². The molecular formula is C13H19NO3. The molecule has 1 aromatic carbocycles. The lowest BCUT2D eigenvalue weighted by atomic mass is 10.1. The van der Waals surface area contributed by atoms with Crippen LogP contribution in [0.4, 0.5) is 4.79 Å². The number of amides is 1. The number of ether oxygens (including phenoxy) is 2. The molecule has 0 aliphatic carbocycles. The van der Waals surface area contributed by atoms with Crippen LogP contribution in [-0.4, -0.2) is 19.8 Å². The lowest BCUT2D eigenvalue weighted by Gasteiger charge is -2.12. The maximum Gasteiger partial charge on any atom is 0.407 e. The quantitative estimate of drug-likeness (QED) is 0.875. The largest absolute Gasteiger partial charge is 0.496 e. The zero-order chi connectivity index (χ0) is 12.8. The number of hydrogen-bond donors (Lipinski definition) is 1. The fourth-order valence-electron chi connectivity index (χ4n) is 1.53. The van der Waals surface area contributed by atoms with Gasteiger partial charge in [-0.1, -0.05) is 6.07 Å². The maximum atomic E-state index is 11.2. The standard InChI is InChI=1S/C13H19NO3/c1-5-17-13(15)14-8-11-6-9(2)10(3)7-12(11)16-4/h6-7H,5,8H2,1-4H3,(H,14,15). The van der Waals surface area contributed by atoms with Gasteiger partial charge in [0.05, 0.1) is 13.7 Å². The van der Waals surface area contributed by atoms with E-state index in [1.165, 1.54) is 11.1 Å². The fourth-order valence-corrected chi connectivity index (χ4v) is 1.53. The van der Waals surface area contributed by atoms with Gasteiger partial charge in [-0.15, -0.1) is 0 Å². The van der Waals surface area contributed by atoms with Gasteiger partial charge < -0.3 is 14.8 Å². The molecule has 0 bridgehead atoms. The van der Waals surface area contributed by atoms with Crippen molar-refractivity contribution in [1.29, 1.82) is 0 Å². The Labute approximate surface area is 102 Å². The van der Waals surface area contributed by atoms with Crippen molar-refractivity contribution in [1.82, 2.24) is 5.32 Å². The van der Waals surface area contributed by atoms with Gasteiger partial charge in [-0.2, -0.15) is 0 Å². The zero-order valence-electron chi connectivity index (χ0n) is 10.8. The average Bonchev–Trinajstić information content (AvgIpc) is 2.30. The molecule has 0 aromatic heterocycles. The number of carbonyl (C=O) groups is 1. The van der Waals surface area contributed by atoms with Crippen LogP contribution in [-0.2, 0) is 11.3 Å². The van der Waals surface area contributed by atoms with E-state index >= 15 is 0 Å². The predicted molar refractivity (Wildman–Crippen MR) is 66.3 cm³/mol. The Bertz CT molecular complexity index is 402. The second kappa shape index (κ2) is 6.13. The van der Waals surface area contributed by atoms with Gasteiger partial charge in [-0.25, -0.2) is 4.79 Å². The summed E-state index contributed by atoms with van der Waals surface area (Å²) in [6, 6.07) is 3.98. The molecule has 0 spiro atoms. The Morgan fingerprint density at radius 1 is 1.29 bits per heavy atom. The van der Waals surface area contributed by atoms with Crippen LogP contribution >= 0.6 is 0 Å². The van der Waals surface area contributed by atoms with Crippen LogP contribution < -0.4 is 10.1 Å². The first-order valence-corrected chi connectivity index (χ1v) is 5.63. The van der Waals surface area contributed by atoms with Gasteiger partial charge in [0.25, 0.3) is 0 Å². The van der Waals surface area contributed by atoms with Crippen molar-refractivity contribution in [3.63, 3.8) is 0 Å². The summed E-state index contributed by atoms with van der Waals surface area (Å²) in [6.07, 6.45) is -0.409. The summed E-state index contributed by atoms with van der Waals surface area (Å²) >= 11 is 0. The summed E-state index contributed by atoms with van der Waals surface area (Å²) in [5.41, 5.74) is 3.29. The molecule has 0 aliphatic heterocycles. The molecular weight excluding hydrogens is 218 g/mol. The van der Waals surface area contributed by atoms with E-state index in [0.717, 1.165) is 11.3 Å². The third-order valence-corrected chi connectivity index (χ3v) is 2.60. The lowest BCUT2D eigenvalue weighted by molar-refractivity contribution is 0.151. The number of nitrogens with one attached hydrogen (secondary N) is 1. The Kier molecular flexibility index (Phi) is 4.82. The van der Waals surface area contributed by atoms with Gasteiger partial charge >= 0.3 is 6.09 Å². The predicted octanol–water partition coefficient (Wildman–Crippen LogP) is 2.56. The first-order valence-electron chi connectivity index (χ1n) is 5.63. The minimum absolute atomic E-state index is 0.371. The summed E-state index contributed by atoms with van der Waals surface area (Å²) in [5, 5.41) is 2.68. The summed E-state index contributed by atoms with van der Waals surface area (Å²) in [5.74, 6) is 0.782. The van der Waals surface area contributed by atoms with Gasteiger partial charge in [-0.05, 0) is 38.0 Å². The molecule has 1 N–H and O–H groups in total. The number of alkyl carbamates (subject to hydrolysis) is 1. The van der Waals surface area contributed by atoms with Crippen LogP contribution in [0.25, 0.3) is 0 Å². The SMILES string of the molecule is CCOC(=O)NCc1cc(C)c(C)cc1OC. The minimum Gasteiger partial charge on any atom is -0.496 e. The first kappa shape index (κ1) is 13.4. The van der Waals surface area contributed by atoms with Gasteiger partial charge in [-0.3, -0.25) is 0 Å². The summed E-state index contributed by atoms with van der Waals surface area (Å²) in [6.45, 7) is 6.61. The smallest absolute Gasteiger partial charge is 0.407 e. The van der Waals surface area contributed by atoms with Crippen LogP contribution in [0.15, 0.2) is 12.1 Å². The van der Waals surface area contributed by atoms with E-state index in [9.17, 15) is 4.79 Å². The van der Waals surface area contributed by atoms with E-state index in [0.29, 0.717) is 13.2 Å². The van der Waals surface area contributed by atoms with Crippen molar-refractivity contribution in [2.45, 2.75) is 27.3 Å². The second-order valence-electron chi connectivity index (χ2n) is 3.82. The van der Waals surface area contributed by atoms with Crippen molar-refractivity contribution in [3.8, 4) is 5.75 Å². The van der Waals surface area contributed by atoms with E-state index in [1.807, 2.05) is 26.0 Å². The highest BCUT2D eigenvalue weighted by atomic mass is 16.5. The molecule has 94 valence electrons. The minimum atomic E-state index is -0.409. The number of aryl methyl sites for hydroxylation is 2. The number of carbonyl (C=O) groups excluding carboxylic acids is 1. The van der Waals surface area contributed by atoms with E-state index in [1.54, 1.807) is 14.0 Å². The highest BCUT2D eigenvalue weighted by Crippen LogP contribution is 2.22. The molecule has 0 fully saturated rings. The third-order valence-electron chi connectivity index (χ3n) is 2.60. The zero-order valence-corrected chi connectivity index (χ0v) is 10.8. The van der Waals surface area contributed by atoms with Crippen molar-refractivity contribution in [2.75, 3.05) is 13.7 Å². The molecule has 0 aliphatic rings. The molecule has 1 amide bonds. The topological polar surface area (TPSA) is 47.6 Å². The van der Waals surface area contributed by atoms with Crippen LogP contribution in [0.5, 0.6) is 5.75 Å². The van der Waals surface area contributed by atoms with Crippen LogP contribution in [0.3, 0.4) is 0 Å². The molecule has 0 saturated heterocycles. The molecule has 0 heterocycles. The molecule has 17 heavy (non-hydrogen) atoms. The Morgan fingerprint density at radius 2 is 1.94 bits per heavy atom. The maximum absolute atomic E-state index is 11.2. The van der Waals surface area contributed by atoms with Crippen LogP contribution in [0.1, 0.15) is 23.6 Å². The molecule has 0 saturated carbocycles. The molecule has 4 heteroatoms. The highest BCUT2D eigenvalue weighted by molar-refractivity contribution is 5.67. The number of benzene rings is 1. The van der Waals surface area contributed by atoms with E-state index in [2.05, 4.69) is 5.32 Å². The summed E-state index contributed by atoms with van der Waals surface area (Å²) < 4.78 is 10.1. The Hall–Kier alpha value is -1.71. The van der Waals surface area contributed by atoms with Gasteiger partial charge in [0.1, 0.15) is 5.75 Å². The van der Waals surface area contributed by atoms with E-state index in [-0.39, 0.29) is 0 Å². The van der Waals surface area contributed by atoms with Gasteiger partial charge in [0.2, 0.25) is 0 Å². The summed E-state index contributed by atoms with van der Waals surface area (Å²) in [7, 11) is 1.62. The normalized spacial score (nSPS) is 9.88. The number of hydrogen-bond acceptors (Lipinski definition) is 3. The van der Waals surface area contributed by atoms with E-state index < -0.39 is 6.09 Å². The van der Waals surface area contributed by atoms with Crippen molar-refractivity contribution >= 4 is 6.09 Å². The van der Waals surface area contributed by atoms with Crippen molar-refractivity contribution in [2.24, 2.45) is 0 Å². The molecule has 0 radical (unpaired) electrons. The highest BCUT2D eigenvalue weighted by Gasteiger charge is 2.07. The van der Waals surface area contributed by atoms with Crippen LogP contribution in [0, 0.1) is 13.8 Å². The molecule has 0 unspecified atom stereocenters. The first-order chi connectivity index (χ1) is 8.08. The molecule has 1 rings (SSSR count). The lowest BCUT2D eigenvalue weighted by Crippen LogP contribution is -2.24. The molecule has 1 aromatic rings.